The Labute approximate surface area is 159 Å². The van der Waals surface area contributed by atoms with Crippen molar-refractivity contribution in [3.05, 3.63) is 100 Å². The second-order valence-electron chi connectivity index (χ2n) is 6.00. The molecule has 0 unspecified atom stereocenters. The van der Waals surface area contributed by atoms with Crippen molar-refractivity contribution in [3.8, 4) is 0 Å². The van der Waals surface area contributed by atoms with E-state index < -0.39 is 0 Å². The van der Waals surface area contributed by atoms with Crippen LogP contribution in [0, 0.1) is 0 Å². The predicted molar refractivity (Wildman–Crippen MR) is 104 cm³/mol. The van der Waals surface area contributed by atoms with Gasteiger partial charge >= 0.3 is 0 Å². The third-order valence-corrected chi connectivity index (χ3v) is 4.15. The van der Waals surface area contributed by atoms with E-state index >= 15 is 0 Å². The number of nitrogens with zero attached hydrogens (tertiary/aromatic N) is 3. The molecule has 0 radical (unpaired) electrons. The second-order valence-corrected chi connectivity index (χ2v) is 6.00. The standard InChI is InChI=1S/C21H14N4O3/c26-19(11-10-18-20(27)24-17-5-2-1-4-16(17)23-18)14-6-8-15(9-7-14)21(28)25-13-3-12-22-25/h1-13H,(H,24,27). The van der Waals surface area contributed by atoms with E-state index in [9.17, 15) is 14.4 Å². The van der Waals surface area contributed by atoms with Gasteiger partial charge in [0.05, 0.1) is 11.0 Å². The lowest BCUT2D eigenvalue weighted by molar-refractivity contribution is 0.0944. The van der Waals surface area contributed by atoms with E-state index in [1.807, 2.05) is 6.07 Å². The molecule has 0 atom stereocenters. The first-order chi connectivity index (χ1) is 13.6. The topological polar surface area (TPSA) is 97.7 Å². The molecule has 2 aromatic carbocycles. The number of carbonyl (C=O) groups is 2. The Kier molecular flexibility index (Phi) is 4.47. The average molecular weight is 370 g/mol. The number of carbonyl (C=O) groups excluding carboxylic acids is 2. The Bertz CT molecular complexity index is 1250. The molecule has 0 aliphatic heterocycles. The van der Waals surface area contributed by atoms with Gasteiger partial charge in [-0.2, -0.15) is 5.10 Å². The van der Waals surface area contributed by atoms with Gasteiger partial charge in [-0.25, -0.2) is 9.67 Å². The van der Waals surface area contributed by atoms with E-state index in [2.05, 4.69) is 15.1 Å². The van der Waals surface area contributed by atoms with Gasteiger partial charge in [0.1, 0.15) is 5.69 Å². The molecular weight excluding hydrogens is 356 g/mol. The summed E-state index contributed by atoms with van der Waals surface area (Å²) < 4.78 is 1.22. The van der Waals surface area contributed by atoms with Gasteiger partial charge in [0.25, 0.3) is 11.5 Å². The number of para-hydroxylation sites is 2. The maximum absolute atomic E-state index is 12.4. The number of aromatic amines is 1. The summed E-state index contributed by atoms with van der Waals surface area (Å²) in [7, 11) is 0. The molecule has 28 heavy (non-hydrogen) atoms. The van der Waals surface area contributed by atoms with E-state index in [0.717, 1.165) is 0 Å². The van der Waals surface area contributed by atoms with Crippen LogP contribution in [-0.2, 0) is 0 Å². The Morgan fingerprint density at radius 1 is 0.964 bits per heavy atom. The van der Waals surface area contributed by atoms with Crippen molar-refractivity contribution < 1.29 is 9.59 Å². The highest BCUT2D eigenvalue weighted by Crippen LogP contribution is 2.10. The Morgan fingerprint density at radius 3 is 2.46 bits per heavy atom. The minimum absolute atomic E-state index is 0.150. The average Bonchev–Trinajstić information content (AvgIpc) is 3.26. The van der Waals surface area contributed by atoms with Crippen molar-refractivity contribution in [2.75, 3.05) is 0 Å². The summed E-state index contributed by atoms with van der Waals surface area (Å²) in [6.07, 6.45) is 5.74. The van der Waals surface area contributed by atoms with E-state index in [1.54, 1.807) is 54.7 Å². The molecule has 0 saturated carbocycles. The first-order valence-electron chi connectivity index (χ1n) is 8.48. The lowest BCUT2D eigenvalue weighted by Gasteiger charge is -2.02. The fraction of sp³-hybridized carbons (Fsp3) is 0. The second kappa shape index (κ2) is 7.24. The summed E-state index contributed by atoms with van der Waals surface area (Å²) in [5, 5.41) is 3.89. The summed E-state index contributed by atoms with van der Waals surface area (Å²) >= 11 is 0. The van der Waals surface area contributed by atoms with E-state index in [-0.39, 0.29) is 22.9 Å². The molecule has 4 rings (SSSR count). The molecule has 0 bridgehead atoms. The first-order valence-corrected chi connectivity index (χ1v) is 8.48. The fourth-order valence-electron chi connectivity index (χ4n) is 2.71. The summed E-state index contributed by atoms with van der Waals surface area (Å²) in [6.45, 7) is 0. The summed E-state index contributed by atoms with van der Waals surface area (Å²) in [4.78, 5) is 43.7. The Hall–Kier alpha value is -4.13. The van der Waals surface area contributed by atoms with Crippen molar-refractivity contribution in [3.63, 3.8) is 0 Å². The highest BCUT2D eigenvalue weighted by Gasteiger charge is 2.10. The molecule has 2 aromatic heterocycles. The van der Waals surface area contributed by atoms with E-state index in [0.29, 0.717) is 22.2 Å². The summed E-state index contributed by atoms with van der Waals surface area (Å²) in [5.74, 6) is -0.584. The van der Waals surface area contributed by atoms with Crippen LogP contribution in [0.4, 0.5) is 0 Å². The molecule has 0 spiro atoms. The molecule has 0 saturated heterocycles. The predicted octanol–water partition coefficient (Wildman–Crippen LogP) is 2.70. The lowest BCUT2D eigenvalue weighted by atomic mass is 10.1. The van der Waals surface area contributed by atoms with Crippen LogP contribution < -0.4 is 5.56 Å². The number of hydrogen-bond acceptors (Lipinski definition) is 5. The molecule has 7 heteroatoms. The summed E-state index contributed by atoms with van der Waals surface area (Å²) in [6, 6.07) is 15.1. The Balaban J connectivity index is 1.54. The lowest BCUT2D eigenvalue weighted by Crippen LogP contribution is -2.12. The number of ketones is 1. The highest BCUT2D eigenvalue weighted by atomic mass is 16.2. The zero-order valence-electron chi connectivity index (χ0n) is 14.6. The number of nitrogens with one attached hydrogen (secondary N) is 1. The molecule has 0 aliphatic carbocycles. The van der Waals surface area contributed by atoms with Crippen LogP contribution in [0.2, 0.25) is 0 Å². The third kappa shape index (κ3) is 3.41. The minimum Gasteiger partial charge on any atom is -0.319 e. The number of fused-ring (bicyclic) bond motifs is 1. The molecule has 136 valence electrons. The van der Waals surface area contributed by atoms with Gasteiger partial charge in [0.2, 0.25) is 0 Å². The van der Waals surface area contributed by atoms with Gasteiger partial charge in [-0.1, -0.05) is 24.3 Å². The first kappa shape index (κ1) is 17.3. The molecule has 4 aromatic rings. The van der Waals surface area contributed by atoms with E-state index in [1.165, 1.54) is 23.0 Å². The van der Waals surface area contributed by atoms with Crippen molar-refractivity contribution in [1.29, 1.82) is 0 Å². The van der Waals surface area contributed by atoms with E-state index in [4.69, 9.17) is 0 Å². The van der Waals surface area contributed by atoms with Gasteiger partial charge in [0, 0.05) is 23.5 Å². The zero-order chi connectivity index (χ0) is 19.5. The maximum Gasteiger partial charge on any atom is 0.278 e. The van der Waals surface area contributed by atoms with Crippen molar-refractivity contribution in [2.24, 2.45) is 0 Å². The van der Waals surface area contributed by atoms with Crippen molar-refractivity contribution >= 4 is 28.8 Å². The smallest absolute Gasteiger partial charge is 0.278 e. The van der Waals surface area contributed by atoms with Gasteiger partial charge in [-0.3, -0.25) is 14.4 Å². The number of rotatable bonds is 4. The molecule has 1 N–H and O–H groups in total. The van der Waals surface area contributed by atoms with Gasteiger partial charge in [-0.05, 0) is 42.5 Å². The minimum atomic E-state index is -0.372. The van der Waals surface area contributed by atoms with Crippen LogP contribution in [-0.4, -0.2) is 31.4 Å². The van der Waals surface area contributed by atoms with Gasteiger partial charge < -0.3 is 4.98 Å². The SMILES string of the molecule is O=C(C=Cc1nc2ccccc2[nH]c1=O)c1ccc(C(=O)n2cccn2)cc1. The van der Waals surface area contributed by atoms with Crippen LogP contribution >= 0.6 is 0 Å². The monoisotopic (exact) mass is 370 g/mol. The summed E-state index contributed by atoms with van der Waals surface area (Å²) in [5.41, 5.74) is 1.85. The van der Waals surface area contributed by atoms with Crippen LogP contribution in [0.25, 0.3) is 17.1 Å². The zero-order valence-corrected chi connectivity index (χ0v) is 14.6. The fourth-order valence-corrected chi connectivity index (χ4v) is 2.71. The number of aromatic nitrogens is 4. The van der Waals surface area contributed by atoms with Crippen LogP contribution in [0.5, 0.6) is 0 Å². The largest absolute Gasteiger partial charge is 0.319 e. The molecule has 0 aliphatic rings. The van der Waals surface area contributed by atoms with Crippen LogP contribution in [0.15, 0.2) is 77.9 Å². The van der Waals surface area contributed by atoms with Crippen LogP contribution in [0.1, 0.15) is 26.4 Å². The Morgan fingerprint density at radius 2 is 1.71 bits per heavy atom. The third-order valence-electron chi connectivity index (χ3n) is 4.15. The highest BCUT2D eigenvalue weighted by molar-refractivity contribution is 6.07. The molecular formula is C21H14N4O3. The molecule has 0 fully saturated rings. The van der Waals surface area contributed by atoms with Gasteiger partial charge in [0.15, 0.2) is 5.78 Å². The number of allylic oxidation sites excluding steroid dienone is 1. The molecule has 2 heterocycles. The number of benzene rings is 2. The maximum atomic E-state index is 12.4. The van der Waals surface area contributed by atoms with Crippen molar-refractivity contribution in [1.82, 2.24) is 19.7 Å². The number of H-pyrrole nitrogens is 1. The molecule has 0 amide bonds. The van der Waals surface area contributed by atoms with Crippen molar-refractivity contribution in [2.45, 2.75) is 0 Å². The quantitative estimate of drug-likeness (QED) is 0.440. The number of hydrogen-bond donors (Lipinski definition) is 1. The normalized spacial score (nSPS) is 11.1. The van der Waals surface area contributed by atoms with Gasteiger partial charge in [-0.15, -0.1) is 0 Å². The molecule has 7 nitrogen and oxygen atoms in total. The van der Waals surface area contributed by atoms with Crippen LogP contribution in [0.3, 0.4) is 0 Å².